The Balaban J connectivity index is 1.80. The molecule has 1 saturated carbocycles. The summed E-state index contributed by atoms with van der Waals surface area (Å²) in [5.41, 5.74) is 3.38. The fourth-order valence-corrected chi connectivity index (χ4v) is 3.42. The van der Waals surface area contributed by atoms with Crippen LogP contribution in [0.1, 0.15) is 24.1 Å². The maximum atomic E-state index is 10.5. The highest BCUT2D eigenvalue weighted by Gasteiger charge is 2.45. The molecular formula is C17H15N3O. The van der Waals surface area contributed by atoms with Gasteiger partial charge in [-0.25, -0.2) is 4.68 Å². The fraction of sp³-hybridized carbons (Fsp3) is 0.294. The zero-order valence-electron chi connectivity index (χ0n) is 11.5. The number of fused-ring (bicyclic) bond motifs is 2. The Morgan fingerprint density at radius 1 is 1.43 bits per heavy atom. The summed E-state index contributed by atoms with van der Waals surface area (Å²) < 4.78 is 1.90. The van der Waals surface area contributed by atoms with Crippen LogP contribution in [0.5, 0.6) is 0 Å². The van der Waals surface area contributed by atoms with Crippen molar-refractivity contribution in [1.29, 1.82) is 0 Å². The summed E-state index contributed by atoms with van der Waals surface area (Å²) in [4.78, 5) is 4.14. The van der Waals surface area contributed by atoms with Crippen molar-refractivity contribution in [2.75, 3.05) is 0 Å². The zero-order valence-corrected chi connectivity index (χ0v) is 11.5. The maximum absolute atomic E-state index is 10.5. The second kappa shape index (κ2) is 4.31. The SMILES string of the molecule is C#C[C@]1(O)CCC2=Cc3c(cnn3-c3cccnc3)CC21. The van der Waals surface area contributed by atoms with Crippen molar-refractivity contribution >= 4 is 6.08 Å². The molecule has 0 saturated heterocycles. The van der Waals surface area contributed by atoms with Gasteiger partial charge in [-0.1, -0.05) is 11.5 Å². The Morgan fingerprint density at radius 2 is 2.33 bits per heavy atom. The first-order chi connectivity index (χ1) is 10.2. The van der Waals surface area contributed by atoms with E-state index in [0.717, 1.165) is 29.8 Å². The highest BCUT2D eigenvalue weighted by atomic mass is 16.3. The minimum Gasteiger partial charge on any atom is -0.377 e. The van der Waals surface area contributed by atoms with Gasteiger partial charge in [0.25, 0.3) is 0 Å². The first-order valence-electron chi connectivity index (χ1n) is 7.09. The van der Waals surface area contributed by atoms with E-state index in [1.807, 2.05) is 23.0 Å². The number of hydrogen-bond donors (Lipinski definition) is 1. The Morgan fingerprint density at radius 3 is 3.10 bits per heavy atom. The van der Waals surface area contributed by atoms with Crippen LogP contribution < -0.4 is 0 Å². The summed E-state index contributed by atoms with van der Waals surface area (Å²) in [6, 6.07) is 3.88. The zero-order chi connectivity index (χ0) is 14.4. The van der Waals surface area contributed by atoms with E-state index in [9.17, 15) is 5.11 Å². The summed E-state index contributed by atoms with van der Waals surface area (Å²) >= 11 is 0. The largest absolute Gasteiger partial charge is 0.377 e. The molecular weight excluding hydrogens is 262 g/mol. The van der Waals surface area contributed by atoms with Gasteiger partial charge in [0.2, 0.25) is 0 Å². The summed E-state index contributed by atoms with van der Waals surface area (Å²) in [6.07, 6.45) is 15.3. The predicted molar refractivity (Wildman–Crippen MR) is 79.5 cm³/mol. The van der Waals surface area contributed by atoms with Crippen LogP contribution in [0.15, 0.2) is 36.3 Å². The van der Waals surface area contributed by atoms with E-state index >= 15 is 0 Å². The molecule has 0 spiro atoms. The van der Waals surface area contributed by atoms with E-state index in [-0.39, 0.29) is 5.92 Å². The normalized spacial score (nSPS) is 26.7. The van der Waals surface area contributed by atoms with Crippen molar-refractivity contribution < 1.29 is 5.11 Å². The minimum atomic E-state index is -1.00. The molecule has 2 aromatic rings. The van der Waals surface area contributed by atoms with Gasteiger partial charge in [-0.15, -0.1) is 6.42 Å². The van der Waals surface area contributed by atoms with Gasteiger partial charge >= 0.3 is 0 Å². The molecule has 4 nitrogen and oxygen atoms in total. The lowest BCUT2D eigenvalue weighted by molar-refractivity contribution is 0.0690. The highest BCUT2D eigenvalue weighted by Crippen LogP contribution is 2.45. The number of rotatable bonds is 1. The molecule has 0 bridgehead atoms. The number of aliphatic hydroxyl groups is 1. The second-order valence-electron chi connectivity index (χ2n) is 5.72. The molecule has 0 radical (unpaired) electrons. The molecule has 0 amide bonds. The summed E-state index contributed by atoms with van der Waals surface area (Å²) in [6.45, 7) is 0. The minimum absolute atomic E-state index is 0.0292. The van der Waals surface area contributed by atoms with Crippen LogP contribution in [0.4, 0.5) is 0 Å². The van der Waals surface area contributed by atoms with E-state index in [2.05, 4.69) is 22.1 Å². The number of hydrogen-bond acceptors (Lipinski definition) is 3. The van der Waals surface area contributed by atoms with Crippen molar-refractivity contribution in [1.82, 2.24) is 14.8 Å². The predicted octanol–water partition coefficient (Wildman–Crippen LogP) is 1.98. The van der Waals surface area contributed by atoms with Crippen molar-refractivity contribution in [2.24, 2.45) is 5.92 Å². The van der Waals surface area contributed by atoms with Gasteiger partial charge in [-0.2, -0.15) is 5.10 Å². The molecule has 0 aromatic carbocycles. The van der Waals surface area contributed by atoms with Crippen LogP contribution in [0.2, 0.25) is 0 Å². The van der Waals surface area contributed by atoms with Gasteiger partial charge in [0.15, 0.2) is 0 Å². The Labute approximate surface area is 123 Å². The molecule has 1 fully saturated rings. The standard InChI is InChI=1S/C17H15N3O/c1-2-17(21)6-5-12-9-16-13(8-15(12)17)10-19-20(16)14-4-3-7-18-11-14/h1,3-4,7,9-11,15,21H,5-6,8H2/t15?,17-/m0/s1. The lowest BCUT2D eigenvalue weighted by atomic mass is 9.81. The third kappa shape index (κ3) is 1.75. The average Bonchev–Trinajstić information content (AvgIpc) is 3.09. The van der Waals surface area contributed by atoms with Gasteiger partial charge < -0.3 is 5.11 Å². The van der Waals surface area contributed by atoms with E-state index in [4.69, 9.17) is 6.42 Å². The monoisotopic (exact) mass is 277 g/mol. The van der Waals surface area contributed by atoms with E-state index in [0.29, 0.717) is 6.42 Å². The third-order valence-corrected chi connectivity index (χ3v) is 4.59. The van der Waals surface area contributed by atoms with Crippen molar-refractivity contribution in [3.8, 4) is 18.0 Å². The van der Waals surface area contributed by atoms with Gasteiger partial charge in [0, 0.05) is 12.1 Å². The second-order valence-corrected chi connectivity index (χ2v) is 5.72. The molecule has 1 unspecified atom stereocenters. The Kier molecular flexibility index (Phi) is 2.54. The first kappa shape index (κ1) is 12.4. The van der Waals surface area contributed by atoms with Crippen LogP contribution in [0.3, 0.4) is 0 Å². The molecule has 2 aliphatic carbocycles. The molecule has 2 aliphatic rings. The number of pyridine rings is 1. The van der Waals surface area contributed by atoms with Crippen molar-refractivity contribution in [2.45, 2.75) is 24.9 Å². The molecule has 1 N–H and O–H groups in total. The van der Waals surface area contributed by atoms with E-state index in [1.165, 1.54) is 5.57 Å². The smallest absolute Gasteiger partial charge is 0.132 e. The molecule has 104 valence electrons. The van der Waals surface area contributed by atoms with Crippen LogP contribution in [-0.2, 0) is 6.42 Å². The molecule has 21 heavy (non-hydrogen) atoms. The Bertz CT molecular complexity index is 769. The molecule has 4 heteroatoms. The maximum Gasteiger partial charge on any atom is 0.132 e. The highest BCUT2D eigenvalue weighted by molar-refractivity contribution is 5.61. The lowest BCUT2D eigenvalue weighted by Crippen LogP contribution is -2.34. The lowest BCUT2D eigenvalue weighted by Gasteiger charge is -2.27. The molecule has 2 atom stereocenters. The van der Waals surface area contributed by atoms with Crippen LogP contribution in [0, 0.1) is 18.3 Å². The quantitative estimate of drug-likeness (QED) is 0.811. The molecule has 4 rings (SSSR count). The van der Waals surface area contributed by atoms with Gasteiger partial charge in [0.05, 0.1) is 23.8 Å². The average molecular weight is 277 g/mol. The van der Waals surface area contributed by atoms with Gasteiger partial charge in [-0.05, 0) is 43.0 Å². The topological polar surface area (TPSA) is 50.9 Å². The number of terminal acetylenes is 1. The molecule has 2 aromatic heterocycles. The number of nitrogens with zero attached hydrogens (tertiary/aromatic N) is 3. The third-order valence-electron chi connectivity index (χ3n) is 4.59. The number of aromatic nitrogens is 3. The first-order valence-corrected chi connectivity index (χ1v) is 7.09. The summed E-state index contributed by atoms with van der Waals surface area (Å²) in [7, 11) is 0. The van der Waals surface area contributed by atoms with Crippen molar-refractivity contribution in [3.05, 3.63) is 47.6 Å². The molecule has 2 heterocycles. The Hall–Kier alpha value is -2.38. The van der Waals surface area contributed by atoms with Gasteiger partial charge in [-0.3, -0.25) is 4.98 Å². The van der Waals surface area contributed by atoms with E-state index in [1.54, 1.807) is 12.4 Å². The van der Waals surface area contributed by atoms with Crippen molar-refractivity contribution in [3.63, 3.8) is 0 Å². The van der Waals surface area contributed by atoms with Crippen LogP contribution in [0.25, 0.3) is 11.8 Å². The van der Waals surface area contributed by atoms with Crippen LogP contribution >= 0.6 is 0 Å². The van der Waals surface area contributed by atoms with Gasteiger partial charge in [0.1, 0.15) is 5.60 Å². The fourth-order valence-electron chi connectivity index (χ4n) is 3.42. The van der Waals surface area contributed by atoms with Crippen LogP contribution in [-0.4, -0.2) is 25.5 Å². The van der Waals surface area contributed by atoms with E-state index < -0.39 is 5.60 Å². The summed E-state index contributed by atoms with van der Waals surface area (Å²) in [5.74, 6) is 2.62. The summed E-state index contributed by atoms with van der Waals surface area (Å²) in [5, 5.41) is 15.0. The molecule has 0 aliphatic heterocycles.